The highest BCUT2D eigenvalue weighted by molar-refractivity contribution is 5.57. The lowest BCUT2D eigenvalue weighted by Crippen LogP contribution is -2.42. The Kier molecular flexibility index (Phi) is 4.01. The van der Waals surface area contributed by atoms with Crippen LogP contribution in [0.3, 0.4) is 0 Å². The second kappa shape index (κ2) is 5.52. The fourth-order valence-corrected chi connectivity index (χ4v) is 2.61. The summed E-state index contributed by atoms with van der Waals surface area (Å²) in [5, 5.41) is 3.12. The first-order valence-corrected chi connectivity index (χ1v) is 6.54. The van der Waals surface area contributed by atoms with Crippen LogP contribution in [0.1, 0.15) is 18.4 Å². The molecule has 0 aromatic carbocycles. The van der Waals surface area contributed by atoms with Crippen molar-refractivity contribution in [2.45, 2.75) is 25.8 Å². The Morgan fingerprint density at radius 3 is 2.50 bits per heavy atom. The van der Waals surface area contributed by atoms with Crippen LogP contribution in [-0.4, -0.2) is 55.1 Å². The van der Waals surface area contributed by atoms with Crippen molar-refractivity contribution in [3.8, 4) is 0 Å². The lowest BCUT2D eigenvalue weighted by atomic mass is 10.0. The molecule has 0 radical (unpaired) electrons. The predicted octanol–water partition coefficient (Wildman–Crippen LogP) is 1.36. The zero-order chi connectivity index (χ0) is 13.1. The van der Waals surface area contributed by atoms with Crippen LogP contribution in [-0.2, 0) is 0 Å². The Bertz CT molecular complexity index is 396. The van der Waals surface area contributed by atoms with Crippen LogP contribution in [0.15, 0.2) is 6.33 Å². The molecule has 100 valence electrons. The molecule has 2 rings (SSSR count). The third-order valence-electron chi connectivity index (χ3n) is 3.79. The molecule has 0 atom stereocenters. The Morgan fingerprint density at radius 2 is 1.94 bits per heavy atom. The van der Waals surface area contributed by atoms with Gasteiger partial charge in [-0.1, -0.05) is 0 Å². The molecule has 1 saturated heterocycles. The van der Waals surface area contributed by atoms with E-state index in [2.05, 4.69) is 46.1 Å². The molecule has 0 amide bonds. The molecule has 18 heavy (non-hydrogen) atoms. The fraction of sp³-hybridized carbons (Fsp3) is 0.692. The summed E-state index contributed by atoms with van der Waals surface area (Å²) in [7, 11) is 6.22. The topological polar surface area (TPSA) is 44.3 Å². The second-order valence-electron chi connectivity index (χ2n) is 5.10. The first-order valence-electron chi connectivity index (χ1n) is 6.54. The average Bonchev–Trinajstić information content (AvgIpc) is 2.39. The smallest absolute Gasteiger partial charge is 0.137 e. The van der Waals surface area contributed by atoms with Gasteiger partial charge in [-0.2, -0.15) is 0 Å². The molecule has 1 fully saturated rings. The van der Waals surface area contributed by atoms with Crippen LogP contribution < -0.4 is 10.2 Å². The largest absolute Gasteiger partial charge is 0.373 e. The summed E-state index contributed by atoms with van der Waals surface area (Å²) in [6.07, 6.45) is 4.04. The minimum Gasteiger partial charge on any atom is -0.373 e. The molecule has 0 unspecified atom stereocenters. The van der Waals surface area contributed by atoms with Crippen molar-refractivity contribution in [1.82, 2.24) is 14.9 Å². The normalized spacial score (nSPS) is 17.3. The molecule has 0 aliphatic carbocycles. The number of anilines is 2. The SMILES string of the molecule is CNc1ncnc(N2CCC(N(C)C)CC2)c1C. The Labute approximate surface area is 109 Å². The van der Waals surface area contributed by atoms with Crippen molar-refractivity contribution in [3.63, 3.8) is 0 Å². The zero-order valence-electron chi connectivity index (χ0n) is 11.8. The maximum absolute atomic E-state index is 4.44. The molecular formula is C13H23N5. The molecule has 0 spiro atoms. The van der Waals surface area contributed by atoms with E-state index in [1.165, 1.54) is 12.8 Å². The lowest BCUT2D eigenvalue weighted by Gasteiger charge is -2.36. The monoisotopic (exact) mass is 249 g/mol. The van der Waals surface area contributed by atoms with Gasteiger partial charge in [-0.25, -0.2) is 9.97 Å². The average molecular weight is 249 g/mol. The first-order chi connectivity index (χ1) is 8.63. The van der Waals surface area contributed by atoms with Crippen molar-refractivity contribution in [2.75, 3.05) is 44.4 Å². The van der Waals surface area contributed by atoms with Crippen LogP contribution in [0.2, 0.25) is 0 Å². The van der Waals surface area contributed by atoms with E-state index in [0.29, 0.717) is 6.04 Å². The van der Waals surface area contributed by atoms with E-state index < -0.39 is 0 Å². The van der Waals surface area contributed by atoms with Gasteiger partial charge < -0.3 is 15.1 Å². The summed E-state index contributed by atoms with van der Waals surface area (Å²) in [4.78, 5) is 13.4. The molecule has 1 aromatic rings. The maximum Gasteiger partial charge on any atom is 0.137 e. The summed E-state index contributed by atoms with van der Waals surface area (Å²) in [5.41, 5.74) is 1.14. The highest BCUT2D eigenvalue weighted by Crippen LogP contribution is 2.25. The van der Waals surface area contributed by atoms with E-state index in [1.807, 2.05) is 7.05 Å². The van der Waals surface area contributed by atoms with Crippen LogP contribution >= 0.6 is 0 Å². The van der Waals surface area contributed by atoms with Gasteiger partial charge in [0, 0.05) is 31.7 Å². The third-order valence-corrected chi connectivity index (χ3v) is 3.79. The third kappa shape index (κ3) is 2.56. The molecule has 5 nitrogen and oxygen atoms in total. The summed E-state index contributed by atoms with van der Waals surface area (Å²) >= 11 is 0. The van der Waals surface area contributed by atoms with Crippen molar-refractivity contribution >= 4 is 11.6 Å². The predicted molar refractivity (Wildman–Crippen MR) is 75.2 cm³/mol. The van der Waals surface area contributed by atoms with Gasteiger partial charge in [0.2, 0.25) is 0 Å². The molecule has 1 aliphatic rings. The van der Waals surface area contributed by atoms with Crippen molar-refractivity contribution in [3.05, 3.63) is 11.9 Å². The standard InChI is InChI=1S/C13H23N5/c1-10-12(14-2)15-9-16-13(10)18-7-5-11(6-8-18)17(3)4/h9,11H,5-8H2,1-4H3,(H,14,15,16). The molecule has 1 aromatic heterocycles. The molecule has 1 N–H and O–H groups in total. The van der Waals surface area contributed by atoms with E-state index in [9.17, 15) is 0 Å². The summed E-state index contributed by atoms with van der Waals surface area (Å²) < 4.78 is 0. The molecule has 0 saturated carbocycles. The molecule has 0 bridgehead atoms. The molecule has 1 aliphatic heterocycles. The van der Waals surface area contributed by atoms with E-state index in [4.69, 9.17) is 0 Å². The van der Waals surface area contributed by atoms with Crippen molar-refractivity contribution in [1.29, 1.82) is 0 Å². The van der Waals surface area contributed by atoms with Crippen LogP contribution in [0, 0.1) is 6.92 Å². The van der Waals surface area contributed by atoms with Gasteiger partial charge in [0.1, 0.15) is 18.0 Å². The Balaban J connectivity index is 2.10. The van der Waals surface area contributed by atoms with Gasteiger partial charge in [0.25, 0.3) is 0 Å². The van der Waals surface area contributed by atoms with Gasteiger partial charge in [-0.15, -0.1) is 0 Å². The molecule has 5 heteroatoms. The van der Waals surface area contributed by atoms with Gasteiger partial charge in [0.05, 0.1) is 0 Å². The van der Waals surface area contributed by atoms with E-state index in [0.717, 1.165) is 30.3 Å². The highest BCUT2D eigenvalue weighted by Gasteiger charge is 2.23. The maximum atomic E-state index is 4.44. The summed E-state index contributed by atoms with van der Waals surface area (Å²) in [6, 6.07) is 0.701. The fourth-order valence-electron chi connectivity index (χ4n) is 2.61. The van der Waals surface area contributed by atoms with E-state index in [-0.39, 0.29) is 0 Å². The van der Waals surface area contributed by atoms with Crippen molar-refractivity contribution < 1.29 is 0 Å². The molecular weight excluding hydrogens is 226 g/mol. The quantitative estimate of drug-likeness (QED) is 0.876. The highest BCUT2D eigenvalue weighted by atomic mass is 15.2. The summed E-state index contributed by atoms with van der Waals surface area (Å²) in [6.45, 7) is 4.23. The van der Waals surface area contributed by atoms with E-state index in [1.54, 1.807) is 6.33 Å². The number of aromatic nitrogens is 2. The second-order valence-corrected chi connectivity index (χ2v) is 5.10. The number of hydrogen-bond donors (Lipinski definition) is 1. The number of rotatable bonds is 3. The lowest BCUT2D eigenvalue weighted by molar-refractivity contribution is 0.249. The first kappa shape index (κ1) is 13.1. The van der Waals surface area contributed by atoms with Crippen LogP contribution in [0.25, 0.3) is 0 Å². The Hall–Kier alpha value is -1.36. The molecule has 2 heterocycles. The van der Waals surface area contributed by atoms with Gasteiger partial charge in [-0.3, -0.25) is 0 Å². The van der Waals surface area contributed by atoms with Gasteiger partial charge in [-0.05, 0) is 33.9 Å². The number of nitrogens with zero attached hydrogens (tertiary/aromatic N) is 4. The number of nitrogens with one attached hydrogen (secondary N) is 1. The minimum absolute atomic E-state index is 0.701. The van der Waals surface area contributed by atoms with Crippen LogP contribution in [0.5, 0.6) is 0 Å². The summed E-state index contributed by atoms with van der Waals surface area (Å²) in [5.74, 6) is 2.00. The van der Waals surface area contributed by atoms with Gasteiger partial charge in [0.15, 0.2) is 0 Å². The van der Waals surface area contributed by atoms with E-state index >= 15 is 0 Å². The minimum atomic E-state index is 0.701. The van der Waals surface area contributed by atoms with Crippen molar-refractivity contribution in [2.24, 2.45) is 0 Å². The van der Waals surface area contributed by atoms with Gasteiger partial charge >= 0.3 is 0 Å². The van der Waals surface area contributed by atoms with Crippen LogP contribution in [0.4, 0.5) is 11.6 Å². The number of piperidine rings is 1. The Morgan fingerprint density at radius 1 is 1.28 bits per heavy atom. The zero-order valence-corrected chi connectivity index (χ0v) is 11.8. The number of hydrogen-bond acceptors (Lipinski definition) is 5.